The summed E-state index contributed by atoms with van der Waals surface area (Å²) in [5.74, 6) is 1.49. The van der Waals surface area contributed by atoms with Gasteiger partial charge in [0.05, 0.1) is 12.8 Å². The zero-order valence-corrected chi connectivity index (χ0v) is 10.1. The van der Waals surface area contributed by atoms with E-state index in [1.807, 2.05) is 13.8 Å². The van der Waals surface area contributed by atoms with Crippen molar-refractivity contribution in [3.05, 3.63) is 17.6 Å². The van der Waals surface area contributed by atoms with Crippen molar-refractivity contribution >= 4 is 0 Å². The molecule has 0 radical (unpaired) electrons. The summed E-state index contributed by atoms with van der Waals surface area (Å²) in [6, 6.07) is 0. The molecule has 1 aromatic rings. The lowest BCUT2D eigenvalue weighted by Crippen LogP contribution is -2.14. The van der Waals surface area contributed by atoms with Crippen LogP contribution in [0.25, 0.3) is 0 Å². The van der Waals surface area contributed by atoms with E-state index in [-0.39, 0.29) is 0 Å². The van der Waals surface area contributed by atoms with Crippen LogP contribution in [0, 0.1) is 5.92 Å². The summed E-state index contributed by atoms with van der Waals surface area (Å²) in [5.41, 5.74) is 2.38. The Morgan fingerprint density at radius 2 is 2.07 bits per heavy atom. The molecular formula is C12H20N2O. The van der Waals surface area contributed by atoms with Gasteiger partial charge in [0.15, 0.2) is 0 Å². The normalized spacial score (nSPS) is 18.5. The molecule has 0 spiro atoms. The van der Waals surface area contributed by atoms with Crippen molar-refractivity contribution < 1.29 is 4.74 Å². The number of aromatic nitrogens is 2. The Hall–Kier alpha value is -1.12. The molecule has 0 aromatic carbocycles. The first-order chi connectivity index (χ1) is 7.31. The summed E-state index contributed by atoms with van der Waals surface area (Å²) in [4.78, 5) is 8.38. The molecule has 3 heteroatoms. The lowest BCUT2D eigenvalue weighted by molar-refractivity contribution is 0.377. The third-order valence-electron chi connectivity index (χ3n) is 2.61. The van der Waals surface area contributed by atoms with Gasteiger partial charge in [0.1, 0.15) is 6.33 Å². The number of ether oxygens (including phenoxy) is 1. The van der Waals surface area contributed by atoms with Crippen LogP contribution in [0.1, 0.15) is 38.4 Å². The molecule has 1 unspecified atom stereocenters. The van der Waals surface area contributed by atoms with E-state index in [1.165, 1.54) is 17.7 Å². The largest absolute Gasteiger partial charge is 0.481 e. The van der Waals surface area contributed by atoms with E-state index in [0.29, 0.717) is 0 Å². The molecule has 0 aliphatic heterocycles. The predicted octanol–water partition coefficient (Wildman–Crippen LogP) is 2.64. The second kappa shape index (κ2) is 5.69. The quantitative estimate of drug-likeness (QED) is 0.711. The van der Waals surface area contributed by atoms with Crippen LogP contribution >= 0.6 is 0 Å². The minimum absolute atomic E-state index is 0.729. The maximum absolute atomic E-state index is 5.21. The van der Waals surface area contributed by atoms with Crippen LogP contribution in [0.15, 0.2) is 6.33 Å². The van der Waals surface area contributed by atoms with E-state index in [2.05, 4.69) is 16.9 Å². The van der Waals surface area contributed by atoms with Crippen LogP contribution in [-0.4, -0.2) is 17.1 Å². The molecule has 1 heterocycles. The predicted molar refractivity (Wildman–Crippen MR) is 61.1 cm³/mol. The Bertz CT molecular complexity index is 298. The summed E-state index contributed by atoms with van der Waals surface area (Å²) in [5, 5.41) is 0. The molecule has 1 aromatic heterocycles. The highest BCUT2D eigenvalue weighted by atomic mass is 16.5. The lowest BCUT2D eigenvalue weighted by atomic mass is 9.88. The lowest BCUT2D eigenvalue weighted by Gasteiger charge is -2.21. The Kier molecular flexibility index (Phi) is 4.53. The fourth-order valence-electron chi connectivity index (χ4n) is 1.86. The second-order valence-electron chi connectivity index (χ2n) is 3.66. The van der Waals surface area contributed by atoms with Crippen molar-refractivity contribution in [2.24, 2.45) is 5.92 Å². The van der Waals surface area contributed by atoms with Crippen LogP contribution in [0.2, 0.25) is 0 Å². The maximum Gasteiger partial charge on any atom is 0.219 e. The van der Waals surface area contributed by atoms with E-state index in [1.54, 1.807) is 13.4 Å². The van der Waals surface area contributed by atoms with Gasteiger partial charge in [-0.3, -0.25) is 0 Å². The van der Waals surface area contributed by atoms with Gasteiger partial charge in [0.25, 0.3) is 0 Å². The molecule has 0 fully saturated rings. The van der Waals surface area contributed by atoms with Gasteiger partial charge in [-0.25, -0.2) is 9.97 Å². The zero-order chi connectivity index (χ0) is 11.3. The van der Waals surface area contributed by atoms with Crippen LogP contribution in [-0.2, 0) is 12.8 Å². The van der Waals surface area contributed by atoms with Crippen molar-refractivity contribution in [2.75, 3.05) is 7.11 Å². The van der Waals surface area contributed by atoms with Crippen molar-refractivity contribution in [3.8, 4) is 5.88 Å². The highest BCUT2D eigenvalue weighted by Gasteiger charge is 2.20. The van der Waals surface area contributed by atoms with Gasteiger partial charge < -0.3 is 4.74 Å². The summed E-state index contributed by atoms with van der Waals surface area (Å²) < 4.78 is 5.21. The first-order valence-electron chi connectivity index (χ1n) is 5.68. The molecule has 1 atom stereocenters. The van der Waals surface area contributed by atoms with Gasteiger partial charge in [-0.05, 0) is 25.2 Å². The van der Waals surface area contributed by atoms with Crippen LogP contribution in [0.4, 0.5) is 0 Å². The number of fused-ring (bicyclic) bond motifs is 1. The summed E-state index contributed by atoms with van der Waals surface area (Å²) in [6.07, 6.45) is 4.94. The molecule has 0 amide bonds. The zero-order valence-electron chi connectivity index (χ0n) is 10.1. The molecular weight excluding hydrogens is 188 g/mol. The number of rotatable bonds is 1. The highest BCUT2D eigenvalue weighted by Crippen LogP contribution is 2.28. The molecule has 0 saturated carbocycles. The van der Waals surface area contributed by atoms with Crippen molar-refractivity contribution in [1.82, 2.24) is 9.97 Å². The highest BCUT2D eigenvalue weighted by molar-refractivity contribution is 5.31. The molecule has 0 N–H and O–H groups in total. The van der Waals surface area contributed by atoms with Crippen LogP contribution in [0.3, 0.4) is 0 Å². The van der Waals surface area contributed by atoms with Crippen molar-refractivity contribution in [2.45, 2.75) is 40.0 Å². The van der Waals surface area contributed by atoms with E-state index < -0.39 is 0 Å². The number of methoxy groups -OCH3 is 1. The van der Waals surface area contributed by atoms with E-state index in [0.717, 1.165) is 24.6 Å². The Balaban J connectivity index is 0.000000531. The molecule has 0 bridgehead atoms. The maximum atomic E-state index is 5.21. The molecule has 1 aliphatic carbocycles. The smallest absolute Gasteiger partial charge is 0.219 e. The minimum atomic E-state index is 0.729. The fourth-order valence-corrected chi connectivity index (χ4v) is 1.86. The van der Waals surface area contributed by atoms with Crippen LogP contribution < -0.4 is 4.74 Å². The van der Waals surface area contributed by atoms with Gasteiger partial charge in [0.2, 0.25) is 5.88 Å². The average molecular weight is 208 g/mol. The number of hydrogen-bond donors (Lipinski definition) is 0. The average Bonchev–Trinajstić information content (AvgIpc) is 2.31. The molecule has 2 rings (SSSR count). The number of nitrogens with zero attached hydrogens (tertiary/aromatic N) is 2. The summed E-state index contributed by atoms with van der Waals surface area (Å²) >= 11 is 0. The molecule has 0 saturated heterocycles. The monoisotopic (exact) mass is 208 g/mol. The number of aryl methyl sites for hydroxylation is 1. The van der Waals surface area contributed by atoms with E-state index >= 15 is 0 Å². The van der Waals surface area contributed by atoms with Gasteiger partial charge in [-0.2, -0.15) is 0 Å². The Labute approximate surface area is 91.9 Å². The first kappa shape index (κ1) is 12.0. The van der Waals surface area contributed by atoms with Crippen molar-refractivity contribution in [3.63, 3.8) is 0 Å². The Morgan fingerprint density at radius 3 is 2.73 bits per heavy atom. The molecule has 84 valence electrons. The summed E-state index contributed by atoms with van der Waals surface area (Å²) in [6.45, 7) is 6.26. The Morgan fingerprint density at radius 1 is 1.33 bits per heavy atom. The van der Waals surface area contributed by atoms with Crippen molar-refractivity contribution in [1.29, 1.82) is 0 Å². The van der Waals surface area contributed by atoms with Gasteiger partial charge in [-0.15, -0.1) is 0 Å². The van der Waals surface area contributed by atoms with E-state index in [4.69, 9.17) is 4.74 Å². The molecule has 1 aliphatic rings. The third-order valence-corrected chi connectivity index (χ3v) is 2.61. The van der Waals surface area contributed by atoms with E-state index in [9.17, 15) is 0 Å². The van der Waals surface area contributed by atoms with Gasteiger partial charge in [0, 0.05) is 5.56 Å². The first-order valence-corrected chi connectivity index (χ1v) is 5.68. The van der Waals surface area contributed by atoms with Gasteiger partial charge in [-0.1, -0.05) is 20.8 Å². The standard InChI is InChI=1S/C10H14N2O.C2H6/c1-7-3-4-9-8(5-7)10(13-2)12-6-11-9;1-2/h6-7H,3-5H2,1-2H3;1-2H3. The fraction of sp³-hybridized carbons (Fsp3) is 0.667. The van der Waals surface area contributed by atoms with Crippen LogP contribution in [0.5, 0.6) is 5.88 Å². The van der Waals surface area contributed by atoms with Gasteiger partial charge >= 0.3 is 0 Å². The SMILES string of the molecule is CC.COc1ncnc2c1CC(C)CC2. The molecule has 3 nitrogen and oxygen atoms in total. The molecule has 15 heavy (non-hydrogen) atoms. The minimum Gasteiger partial charge on any atom is -0.481 e. The topological polar surface area (TPSA) is 35.0 Å². The second-order valence-corrected chi connectivity index (χ2v) is 3.66. The summed E-state index contributed by atoms with van der Waals surface area (Å²) in [7, 11) is 1.67. The number of hydrogen-bond acceptors (Lipinski definition) is 3. The third kappa shape index (κ3) is 2.67.